The fourth-order valence-electron chi connectivity index (χ4n) is 1.51. The number of pyridine rings is 1. The predicted octanol–water partition coefficient (Wildman–Crippen LogP) is 2.03. The third-order valence-corrected chi connectivity index (χ3v) is 2.54. The van der Waals surface area contributed by atoms with Gasteiger partial charge in [0.05, 0.1) is 12.7 Å². The normalized spacial score (nSPS) is 13.0. The quantitative estimate of drug-likeness (QED) is 0.766. The number of aromatic nitrogens is 1. The summed E-state index contributed by atoms with van der Waals surface area (Å²) >= 11 is 0. The molecule has 0 saturated heterocycles. The Morgan fingerprint density at radius 2 is 2.25 bits per heavy atom. The van der Waals surface area contributed by atoms with Crippen LogP contribution in [0.2, 0.25) is 0 Å². The van der Waals surface area contributed by atoms with E-state index < -0.39 is 0 Å². The first-order chi connectivity index (χ1) is 7.72. The molecule has 0 aliphatic carbocycles. The van der Waals surface area contributed by atoms with Crippen LogP contribution in [0.4, 0.5) is 0 Å². The molecule has 90 valence electrons. The molecule has 0 aromatic carbocycles. The highest BCUT2D eigenvalue weighted by atomic mass is 16.5. The zero-order valence-corrected chi connectivity index (χ0v) is 10.4. The molecule has 1 atom stereocenters. The molecule has 0 spiro atoms. The van der Waals surface area contributed by atoms with Crippen LogP contribution >= 0.6 is 0 Å². The highest BCUT2D eigenvalue weighted by Crippen LogP contribution is 2.04. The lowest BCUT2D eigenvalue weighted by Gasteiger charge is -2.17. The lowest BCUT2D eigenvalue weighted by atomic mass is 10.1. The zero-order chi connectivity index (χ0) is 11.8. The third-order valence-electron chi connectivity index (χ3n) is 2.54. The molecule has 1 aromatic rings. The SMILES string of the molecule is CNC(CCc1cccnc1)COC(C)C. The van der Waals surface area contributed by atoms with Crippen LogP contribution in [0.5, 0.6) is 0 Å². The lowest BCUT2D eigenvalue weighted by Crippen LogP contribution is -2.32. The predicted molar refractivity (Wildman–Crippen MR) is 66.5 cm³/mol. The molecule has 0 fully saturated rings. The summed E-state index contributed by atoms with van der Waals surface area (Å²) in [7, 11) is 1.98. The van der Waals surface area contributed by atoms with Gasteiger partial charge in [-0.3, -0.25) is 4.98 Å². The summed E-state index contributed by atoms with van der Waals surface area (Å²) in [4.78, 5) is 4.11. The molecule has 0 aliphatic heterocycles. The van der Waals surface area contributed by atoms with Crippen LogP contribution < -0.4 is 5.32 Å². The first-order valence-corrected chi connectivity index (χ1v) is 5.90. The molecular weight excluding hydrogens is 200 g/mol. The maximum Gasteiger partial charge on any atom is 0.0623 e. The smallest absolute Gasteiger partial charge is 0.0623 e. The monoisotopic (exact) mass is 222 g/mol. The van der Waals surface area contributed by atoms with Crippen molar-refractivity contribution in [1.29, 1.82) is 0 Å². The Morgan fingerprint density at radius 1 is 1.44 bits per heavy atom. The highest BCUT2D eigenvalue weighted by molar-refractivity contribution is 5.08. The van der Waals surface area contributed by atoms with Gasteiger partial charge >= 0.3 is 0 Å². The van der Waals surface area contributed by atoms with Crippen LogP contribution in [-0.2, 0) is 11.2 Å². The van der Waals surface area contributed by atoms with Gasteiger partial charge in [-0.2, -0.15) is 0 Å². The van der Waals surface area contributed by atoms with Crippen molar-refractivity contribution in [1.82, 2.24) is 10.3 Å². The van der Waals surface area contributed by atoms with Gasteiger partial charge in [0.25, 0.3) is 0 Å². The molecule has 0 bridgehead atoms. The van der Waals surface area contributed by atoms with Gasteiger partial charge in [0, 0.05) is 18.4 Å². The minimum absolute atomic E-state index is 0.300. The topological polar surface area (TPSA) is 34.2 Å². The molecule has 1 heterocycles. The summed E-state index contributed by atoms with van der Waals surface area (Å²) in [6.07, 6.45) is 6.15. The van der Waals surface area contributed by atoms with Gasteiger partial charge in [0.15, 0.2) is 0 Å². The Bertz CT molecular complexity index is 275. The number of hydrogen-bond acceptors (Lipinski definition) is 3. The molecule has 0 radical (unpaired) electrons. The summed E-state index contributed by atoms with van der Waals surface area (Å²) < 4.78 is 5.61. The fourth-order valence-corrected chi connectivity index (χ4v) is 1.51. The van der Waals surface area contributed by atoms with Crippen molar-refractivity contribution in [3.05, 3.63) is 30.1 Å². The number of likely N-dealkylation sites (N-methyl/N-ethyl adjacent to an activating group) is 1. The van der Waals surface area contributed by atoms with Gasteiger partial charge in [0.2, 0.25) is 0 Å². The van der Waals surface area contributed by atoms with Crippen LogP contribution in [0.15, 0.2) is 24.5 Å². The Morgan fingerprint density at radius 3 is 2.81 bits per heavy atom. The molecule has 3 heteroatoms. The third kappa shape index (κ3) is 5.24. The maximum atomic E-state index is 5.61. The number of hydrogen-bond donors (Lipinski definition) is 1. The van der Waals surface area contributed by atoms with Crippen molar-refractivity contribution >= 4 is 0 Å². The summed E-state index contributed by atoms with van der Waals surface area (Å²) in [5.41, 5.74) is 1.28. The van der Waals surface area contributed by atoms with Crippen molar-refractivity contribution in [3.63, 3.8) is 0 Å². The van der Waals surface area contributed by atoms with Crippen molar-refractivity contribution in [2.45, 2.75) is 38.8 Å². The Labute approximate surface area is 98.2 Å². The first-order valence-electron chi connectivity index (χ1n) is 5.90. The summed E-state index contributed by atoms with van der Waals surface area (Å²) in [6.45, 7) is 4.90. The number of ether oxygens (including phenoxy) is 1. The second-order valence-electron chi connectivity index (χ2n) is 4.27. The molecular formula is C13H22N2O. The van der Waals surface area contributed by atoms with E-state index in [2.05, 4.69) is 30.2 Å². The zero-order valence-electron chi connectivity index (χ0n) is 10.4. The van der Waals surface area contributed by atoms with E-state index in [1.807, 2.05) is 19.3 Å². The van der Waals surface area contributed by atoms with E-state index in [-0.39, 0.29) is 0 Å². The van der Waals surface area contributed by atoms with Gasteiger partial charge < -0.3 is 10.1 Å². The van der Waals surface area contributed by atoms with Crippen LogP contribution in [0, 0.1) is 0 Å². The second kappa shape index (κ2) is 7.36. The van der Waals surface area contributed by atoms with Gasteiger partial charge in [-0.1, -0.05) is 6.07 Å². The molecule has 0 saturated carbocycles. The number of nitrogens with zero attached hydrogens (tertiary/aromatic N) is 1. The molecule has 16 heavy (non-hydrogen) atoms. The van der Waals surface area contributed by atoms with Crippen LogP contribution in [0.25, 0.3) is 0 Å². The molecule has 1 aromatic heterocycles. The molecule has 0 amide bonds. The highest BCUT2D eigenvalue weighted by Gasteiger charge is 2.07. The van der Waals surface area contributed by atoms with E-state index in [1.54, 1.807) is 6.20 Å². The number of aryl methyl sites for hydroxylation is 1. The van der Waals surface area contributed by atoms with Gasteiger partial charge in [0.1, 0.15) is 0 Å². The molecule has 1 N–H and O–H groups in total. The minimum Gasteiger partial charge on any atom is -0.377 e. The van der Waals surface area contributed by atoms with Crippen molar-refractivity contribution in [3.8, 4) is 0 Å². The average Bonchev–Trinajstić information content (AvgIpc) is 2.30. The Hall–Kier alpha value is -0.930. The minimum atomic E-state index is 0.300. The van der Waals surface area contributed by atoms with Gasteiger partial charge in [-0.25, -0.2) is 0 Å². The van der Waals surface area contributed by atoms with Crippen molar-refractivity contribution in [2.75, 3.05) is 13.7 Å². The molecule has 3 nitrogen and oxygen atoms in total. The summed E-state index contributed by atoms with van der Waals surface area (Å²) in [5, 5.41) is 3.28. The van der Waals surface area contributed by atoms with E-state index in [9.17, 15) is 0 Å². The van der Waals surface area contributed by atoms with Crippen LogP contribution in [0.3, 0.4) is 0 Å². The van der Waals surface area contributed by atoms with E-state index in [0.29, 0.717) is 12.1 Å². The van der Waals surface area contributed by atoms with Crippen molar-refractivity contribution in [2.24, 2.45) is 0 Å². The van der Waals surface area contributed by atoms with E-state index in [1.165, 1.54) is 5.56 Å². The molecule has 1 rings (SSSR count). The van der Waals surface area contributed by atoms with Gasteiger partial charge in [-0.15, -0.1) is 0 Å². The maximum absolute atomic E-state index is 5.61. The molecule has 0 aliphatic rings. The largest absolute Gasteiger partial charge is 0.377 e. The average molecular weight is 222 g/mol. The fraction of sp³-hybridized carbons (Fsp3) is 0.615. The van der Waals surface area contributed by atoms with E-state index >= 15 is 0 Å². The first kappa shape index (κ1) is 13.1. The second-order valence-corrected chi connectivity index (χ2v) is 4.27. The van der Waals surface area contributed by atoms with Crippen LogP contribution in [-0.4, -0.2) is 30.8 Å². The molecule has 1 unspecified atom stereocenters. The van der Waals surface area contributed by atoms with E-state index in [0.717, 1.165) is 19.4 Å². The summed E-state index contributed by atoms with van der Waals surface area (Å²) in [6, 6.07) is 4.51. The summed E-state index contributed by atoms with van der Waals surface area (Å²) in [5.74, 6) is 0. The van der Waals surface area contributed by atoms with E-state index in [4.69, 9.17) is 4.74 Å². The Kier molecular flexibility index (Phi) is 6.04. The Balaban J connectivity index is 2.28. The van der Waals surface area contributed by atoms with Crippen LogP contribution in [0.1, 0.15) is 25.8 Å². The van der Waals surface area contributed by atoms with Crippen molar-refractivity contribution < 1.29 is 4.74 Å². The van der Waals surface area contributed by atoms with Gasteiger partial charge in [-0.05, 0) is 45.4 Å². The standard InChI is InChI=1S/C13H22N2O/c1-11(2)16-10-13(14-3)7-6-12-5-4-8-15-9-12/h4-5,8-9,11,13-14H,6-7,10H2,1-3H3. The lowest BCUT2D eigenvalue weighted by molar-refractivity contribution is 0.0611. The number of rotatable bonds is 7. The number of nitrogens with one attached hydrogen (secondary N) is 1.